The first-order valence-electron chi connectivity index (χ1n) is 9.44. The number of hydrogen-bond acceptors (Lipinski definition) is 0. The van der Waals surface area contributed by atoms with E-state index < -0.39 is 0 Å². The molecule has 0 spiro atoms. The Kier molecular flexibility index (Phi) is 3.43. The highest BCUT2D eigenvalue weighted by Crippen LogP contribution is 2.48. The molecule has 0 nitrogen and oxygen atoms in total. The fraction of sp³-hybridized carbons (Fsp3) is 0.333. The highest BCUT2D eigenvalue weighted by molar-refractivity contribution is 5.60. The van der Waals surface area contributed by atoms with Gasteiger partial charge in [-0.3, -0.25) is 0 Å². The van der Waals surface area contributed by atoms with Crippen LogP contribution < -0.4 is 0 Å². The topological polar surface area (TPSA) is 0 Å². The van der Waals surface area contributed by atoms with Gasteiger partial charge in [-0.25, -0.2) is 0 Å². The van der Waals surface area contributed by atoms with E-state index >= 15 is 0 Å². The minimum Gasteiger partial charge on any atom is -0.0802 e. The summed E-state index contributed by atoms with van der Waals surface area (Å²) < 4.78 is 0. The van der Waals surface area contributed by atoms with Crippen LogP contribution in [0.15, 0.2) is 60.7 Å². The van der Waals surface area contributed by atoms with E-state index in [-0.39, 0.29) is 0 Å². The van der Waals surface area contributed by atoms with Gasteiger partial charge in [-0.15, -0.1) is 0 Å². The molecule has 0 aliphatic heterocycles. The van der Waals surface area contributed by atoms with Gasteiger partial charge in [-0.2, -0.15) is 0 Å². The largest absolute Gasteiger partial charge is 0.0802 e. The summed E-state index contributed by atoms with van der Waals surface area (Å²) in [6.07, 6.45) is 15.0. The molecule has 4 atom stereocenters. The van der Waals surface area contributed by atoms with Gasteiger partial charge in [0, 0.05) is 0 Å². The van der Waals surface area contributed by atoms with Crippen molar-refractivity contribution >= 4 is 12.2 Å². The third kappa shape index (κ3) is 2.28. The van der Waals surface area contributed by atoms with Gasteiger partial charge in [0.05, 0.1) is 0 Å². The number of fused-ring (bicyclic) bond motifs is 6. The van der Waals surface area contributed by atoms with Gasteiger partial charge in [0.15, 0.2) is 0 Å². The molecule has 0 heteroatoms. The molecule has 0 amide bonds. The number of hydrogen-bond donors (Lipinski definition) is 0. The van der Waals surface area contributed by atoms with Crippen molar-refractivity contribution in [2.24, 2.45) is 11.8 Å². The van der Waals surface area contributed by atoms with Crippen LogP contribution in [-0.2, 0) is 0 Å². The Hall–Kier alpha value is -2.08. The first kappa shape index (κ1) is 14.3. The van der Waals surface area contributed by atoms with Gasteiger partial charge in [-0.1, -0.05) is 72.8 Å². The van der Waals surface area contributed by atoms with Crippen molar-refractivity contribution in [2.75, 3.05) is 0 Å². The van der Waals surface area contributed by atoms with Crippen LogP contribution in [-0.4, -0.2) is 0 Å². The lowest BCUT2D eigenvalue weighted by atomic mass is 9.66. The van der Waals surface area contributed by atoms with E-state index in [4.69, 9.17) is 0 Å². The predicted molar refractivity (Wildman–Crippen MR) is 102 cm³/mol. The lowest BCUT2D eigenvalue weighted by molar-refractivity contribution is 0.314. The summed E-state index contributed by atoms with van der Waals surface area (Å²) in [5.41, 5.74) is 6.06. The van der Waals surface area contributed by atoms with E-state index in [1.807, 2.05) is 0 Å². The van der Waals surface area contributed by atoms with Crippen LogP contribution in [0.4, 0.5) is 0 Å². The molecule has 2 aromatic rings. The van der Waals surface area contributed by atoms with Gasteiger partial charge in [0.25, 0.3) is 0 Å². The Morgan fingerprint density at radius 3 is 1.50 bits per heavy atom. The number of rotatable bonds is 0. The zero-order chi connectivity index (χ0) is 15.9. The molecule has 0 N–H and O–H groups in total. The second kappa shape index (κ2) is 5.77. The van der Waals surface area contributed by atoms with Crippen molar-refractivity contribution in [2.45, 2.75) is 37.5 Å². The van der Waals surface area contributed by atoms with Gasteiger partial charge in [0.1, 0.15) is 0 Å². The molecule has 0 radical (unpaired) electrons. The van der Waals surface area contributed by atoms with E-state index in [9.17, 15) is 0 Å². The van der Waals surface area contributed by atoms with Crippen molar-refractivity contribution in [3.05, 3.63) is 82.9 Å². The minimum absolute atomic E-state index is 0.720. The second-order valence-corrected chi connectivity index (χ2v) is 7.67. The van der Waals surface area contributed by atoms with Crippen LogP contribution in [0.2, 0.25) is 0 Å². The molecule has 5 rings (SSSR count). The molecule has 120 valence electrons. The zero-order valence-corrected chi connectivity index (χ0v) is 14.1. The van der Waals surface area contributed by atoms with Crippen LogP contribution in [0.5, 0.6) is 0 Å². The van der Waals surface area contributed by atoms with E-state index in [1.165, 1.54) is 36.8 Å². The van der Waals surface area contributed by atoms with Crippen LogP contribution in [0.3, 0.4) is 0 Å². The first-order valence-corrected chi connectivity index (χ1v) is 9.44. The number of benzene rings is 2. The standard InChI is InChI=1S/C24H24/c1-3-7-21-17(5-1)9-11-19-14-16-24-20(13-15-23(19)21)12-10-18-6-2-4-8-22(18)24/h1-12,19-20,23-24H,13-16H2. The van der Waals surface area contributed by atoms with Crippen molar-refractivity contribution in [1.29, 1.82) is 0 Å². The maximum atomic E-state index is 2.50. The summed E-state index contributed by atoms with van der Waals surface area (Å²) >= 11 is 0. The van der Waals surface area contributed by atoms with Crippen molar-refractivity contribution in [3.63, 3.8) is 0 Å². The quantitative estimate of drug-likeness (QED) is 0.527. The average molecular weight is 312 g/mol. The van der Waals surface area contributed by atoms with Crippen LogP contribution in [0.1, 0.15) is 59.8 Å². The molecule has 0 saturated heterocycles. The van der Waals surface area contributed by atoms with Crippen LogP contribution in [0.25, 0.3) is 12.2 Å². The third-order valence-corrected chi connectivity index (χ3v) is 6.49. The third-order valence-electron chi connectivity index (χ3n) is 6.49. The van der Waals surface area contributed by atoms with Crippen molar-refractivity contribution < 1.29 is 0 Å². The molecule has 3 aliphatic carbocycles. The summed E-state index contributed by atoms with van der Waals surface area (Å²) in [7, 11) is 0. The smallest absolute Gasteiger partial charge is 0.00927 e. The summed E-state index contributed by atoms with van der Waals surface area (Å²) in [4.78, 5) is 0. The second-order valence-electron chi connectivity index (χ2n) is 7.67. The summed E-state index contributed by atoms with van der Waals surface area (Å²) in [6, 6.07) is 18.1. The van der Waals surface area contributed by atoms with Gasteiger partial charge < -0.3 is 0 Å². The average Bonchev–Trinajstić information content (AvgIpc) is 2.62. The summed E-state index contributed by atoms with van der Waals surface area (Å²) in [5, 5.41) is 0. The van der Waals surface area contributed by atoms with Crippen LogP contribution in [0, 0.1) is 11.8 Å². The lowest BCUT2D eigenvalue weighted by Crippen LogP contribution is -2.24. The van der Waals surface area contributed by atoms with Gasteiger partial charge >= 0.3 is 0 Å². The van der Waals surface area contributed by atoms with Crippen LogP contribution >= 0.6 is 0 Å². The fourth-order valence-corrected chi connectivity index (χ4v) is 5.26. The van der Waals surface area contributed by atoms with E-state index in [0.717, 1.165) is 23.7 Å². The Labute approximate surface area is 144 Å². The normalized spacial score (nSPS) is 30.3. The Bertz CT molecular complexity index is 741. The minimum atomic E-state index is 0.720. The maximum Gasteiger partial charge on any atom is -0.00927 e. The molecule has 4 unspecified atom stereocenters. The molecular weight excluding hydrogens is 288 g/mol. The summed E-state index contributed by atoms with van der Waals surface area (Å²) in [5.74, 6) is 2.88. The van der Waals surface area contributed by atoms with Gasteiger partial charge in [0.2, 0.25) is 0 Å². The lowest BCUT2D eigenvalue weighted by Gasteiger charge is -2.38. The molecule has 0 heterocycles. The molecule has 1 saturated carbocycles. The first-order chi connectivity index (χ1) is 11.9. The SMILES string of the molecule is C1=CC2CCC3c4ccccc4C=CC3CCC2c2ccccc21. The highest BCUT2D eigenvalue weighted by Gasteiger charge is 2.33. The predicted octanol–water partition coefficient (Wildman–Crippen LogP) is 6.41. The molecule has 24 heavy (non-hydrogen) atoms. The Morgan fingerprint density at radius 2 is 1.00 bits per heavy atom. The summed E-state index contributed by atoms with van der Waals surface area (Å²) in [6.45, 7) is 0. The maximum absolute atomic E-state index is 2.50. The van der Waals surface area contributed by atoms with Crippen molar-refractivity contribution in [3.8, 4) is 0 Å². The Morgan fingerprint density at radius 1 is 0.542 bits per heavy atom. The van der Waals surface area contributed by atoms with E-state index in [1.54, 1.807) is 11.1 Å². The fourth-order valence-electron chi connectivity index (χ4n) is 5.26. The zero-order valence-electron chi connectivity index (χ0n) is 14.1. The molecule has 0 aromatic heterocycles. The highest BCUT2D eigenvalue weighted by atomic mass is 14.4. The molecule has 2 aromatic carbocycles. The van der Waals surface area contributed by atoms with Crippen molar-refractivity contribution in [1.82, 2.24) is 0 Å². The molecule has 3 aliphatic rings. The molecule has 1 fully saturated rings. The van der Waals surface area contributed by atoms with E-state index in [0.29, 0.717) is 0 Å². The van der Waals surface area contributed by atoms with Gasteiger partial charge in [-0.05, 0) is 71.6 Å². The molecule has 0 bridgehead atoms. The monoisotopic (exact) mass is 312 g/mol. The Balaban J connectivity index is 1.47. The molecular formula is C24H24. The van der Waals surface area contributed by atoms with E-state index in [2.05, 4.69) is 72.8 Å². The number of allylic oxidation sites excluding steroid dienone is 2.